The molecule has 2 heterocycles. The number of carboxylic acid groups (broad SMARTS) is 1. The van der Waals surface area contributed by atoms with E-state index in [9.17, 15) is 14.9 Å². The van der Waals surface area contributed by atoms with Gasteiger partial charge in [0.2, 0.25) is 0 Å². The first-order valence-electron chi connectivity index (χ1n) is 11.3. The summed E-state index contributed by atoms with van der Waals surface area (Å²) in [5, 5.41) is 28.2. The van der Waals surface area contributed by atoms with Gasteiger partial charge in [-0.05, 0) is 48.2 Å². The molecule has 1 N–H and O–H groups in total. The second-order valence-electron chi connectivity index (χ2n) is 8.32. The van der Waals surface area contributed by atoms with E-state index in [1.165, 1.54) is 0 Å². The monoisotopic (exact) mass is 488 g/mol. The highest BCUT2D eigenvalue weighted by atomic mass is 35.5. The maximum Gasteiger partial charge on any atom is 0.303 e. The Morgan fingerprint density at radius 1 is 1.14 bits per heavy atom. The van der Waals surface area contributed by atoms with Gasteiger partial charge in [0.15, 0.2) is 0 Å². The van der Waals surface area contributed by atoms with Crippen molar-refractivity contribution in [3.05, 3.63) is 75.3 Å². The highest BCUT2D eigenvalue weighted by molar-refractivity contribution is 6.30. The van der Waals surface area contributed by atoms with Crippen LogP contribution in [0.2, 0.25) is 5.15 Å². The summed E-state index contributed by atoms with van der Waals surface area (Å²) >= 11 is 6.22. The topological polar surface area (TPSA) is 120 Å². The van der Waals surface area contributed by atoms with Crippen LogP contribution in [0.4, 0.5) is 0 Å². The van der Waals surface area contributed by atoms with Gasteiger partial charge in [-0.1, -0.05) is 37.1 Å². The number of carbonyl (C=O) groups is 2. The van der Waals surface area contributed by atoms with E-state index in [-0.39, 0.29) is 30.2 Å². The van der Waals surface area contributed by atoms with Crippen molar-refractivity contribution in [1.29, 1.82) is 10.5 Å². The van der Waals surface area contributed by atoms with Crippen LogP contribution < -0.4 is 0 Å². The number of aliphatic carboxylic acids is 1. The zero-order valence-electron chi connectivity index (χ0n) is 19.6. The molecule has 7 nitrogen and oxygen atoms in total. The number of Topliss-reactive ketones (excluding diaryl/α,β-unsaturated/α-hetero) is 1. The molecule has 0 unspecified atom stereocenters. The first-order chi connectivity index (χ1) is 16.8. The van der Waals surface area contributed by atoms with E-state index in [2.05, 4.69) is 28.6 Å². The Bertz CT molecular complexity index is 1340. The molecule has 0 radical (unpaired) electrons. The van der Waals surface area contributed by atoms with E-state index >= 15 is 0 Å². The first-order valence-corrected chi connectivity index (χ1v) is 11.7. The lowest BCUT2D eigenvalue weighted by molar-refractivity contribution is -0.138. The molecular weight excluding hydrogens is 464 g/mol. The van der Waals surface area contributed by atoms with Crippen molar-refractivity contribution in [2.45, 2.75) is 52.5 Å². The first kappa shape index (κ1) is 25.7. The number of halogens is 1. The van der Waals surface area contributed by atoms with Gasteiger partial charge in [-0.25, -0.2) is 4.98 Å². The number of carboxylic acids is 1. The lowest BCUT2D eigenvalue weighted by atomic mass is 9.99. The second kappa shape index (κ2) is 11.5. The van der Waals surface area contributed by atoms with Crippen molar-refractivity contribution in [3.8, 4) is 23.3 Å². The van der Waals surface area contributed by atoms with Gasteiger partial charge in [0, 0.05) is 42.5 Å². The van der Waals surface area contributed by atoms with Crippen LogP contribution in [0, 0.1) is 29.6 Å². The van der Waals surface area contributed by atoms with Gasteiger partial charge in [0.25, 0.3) is 0 Å². The molecule has 0 aliphatic rings. The zero-order valence-corrected chi connectivity index (χ0v) is 20.4. The number of carbonyl (C=O) groups excluding carboxylic acids is 1. The lowest BCUT2D eigenvalue weighted by Gasteiger charge is -2.13. The Morgan fingerprint density at radius 2 is 1.86 bits per heavy atom. The molecule has 0 saturated heterocycles. The van der Waals surface area contributed by atoms with E-state index in [0.29, 0.717) is 29.7 Å². The number of aromatic nitrogens is 2. The summed E-state index contributed by atoms with van der Waals surface area (Å²) in [6.07, 6.45) is 2.94. The third-order valence-corrected chi connectivity index (χ3v) is 6.19. The summed E-state index contributed by atoms with van der Waals surface area (Å²) < 4.78 is 2.09. The molecule has 0 bridgehead atoms. The molecule has 2 aromatic heterocycles. The maximum absolute atomic E-state index is 12.2. The fourth-order valence-electron chi connectivity index (χ4n) is 4.18. The van der Waals surface area contributed by atoms with Crippen molar-refractivity contribution in [2.75, 3.05) is 0 Å². The lowest BCUT2D eigenvalue weighted by Crippen LogP contribution is -2.10. The Balaban J connectivity index is 2.00. The van der Waals surface area contributed by atoms with Crippen molar-refractivity contribution in [2.24, 2.45) is 0 Å². The third-order valence-electron chi connectivity index (χ3n) is 5.85. The fourth-order valence-corrected chi connectivity index (χ4v) is 4.35. The van der Waals surface area contributed by atoms with Crippen molar-refractivity contribution in [3.63, 3.8) is 0 Å². The Morgan fingerprint density at radius 3 is 2.46 bits per heavy atom. The van der Waals surface area contributed by atoms with Crippen LogP contribution in [0.15, 0.2) is 36.5 Å². The average Bonchev–Trinajstić information content (AvgIpc) is 3.10. The number of rotatable bonds is 10. The van der Waals surface area contributed by atoms with Crippen LogP contribution in [0.1, 0.15) is 59.8 Å². The van der Waals surface area contributed by atoms with Gasteiger partial charge in [0.05, 0.1) is 23.6 Å². The smallest absolute Gasteiger partial charge is 0.303 e. The number of hydrogen-bond acceptors (Lipinski definition) is 5. The summed E-state index contributed by atoms with van der Waals surface area (Å²) in [5.74, 6) is -1.24. The van der Waals surface area contributed by atoms with E-state index in [0.717, 1.165) is 34.5 Å². The molecule has 3 aromatic rings. The molecule has 0 fully saturated rings. The van der Waals surface area contributed by atoms with Crippen LogP contribution in [0.25, 0.3) is 11.1 Å². The minimum absolute atomic E-state index is 0.0133. The van der Waals surface area contributed by atoms with E-state index in [1.807, 2.05) is 25.1 Å². The van der Waals surface area contributed by atoms with E-state index in [4.69, 9.17) is 22.0 Å². The van der Waals surface area contributed by atoms with Crippen LogP contribution >= 0.6 is 11.6 Å². The highest BCUT2D eigenvalue weighted by Crippen LogP contribution is 2.34. The highest BCUT2D eigenvalue weighted by Gasteiger charge is 2.22. The number of nitriles is 2. The van der Waals surface area contributed by atoms with Gasteiger partial charge in [-0.3, -0.25) is 9.59 Å². The minimum Gasteiger partial charge on any atom is -0.481 e. The molecule has 0 spiro atoms. The molecule has 8 heteroatoms. The number of nitrogens with zero attached hydrogens (tertiary/aromatic N) is 4. The summed E-state index contributed by atoms with van der Waals surface area (Å²) in [7, 11) is 0. The van der Waals surface area contributed by atoms with E-state index in [1.54, 1.807) is 18.3 Å². The Hall–Kier alpha value is -3.94. The summed E-state index contributed by atoms with van der Waals surface area (Å²) in [6, 6.07) is 13.5. The molecule has 3 rings (SSSR count). The SMILES string of the molecule is CCCc1c(C#N)c(-c2ccc(C#N)cc2)c(C)n1Cc1cnc(Cl)c(CC(=O)CCC(=O)O)c1. The molecule has 0 atom stereocenters. The number of ketones is 1. The van der Waals surface area contributed by atoms with Crippen LogP contribution in [-0.4, -0.2) is 26.4 Å². The maximum atomic E-state index is 12.2. The van der Waals surface area contributed by atoms with Crippen LogP contribution in [0.3, 0.4) is 0 Å². The molecule has 35 heavy (non-hydrogen) atoms. The van der Waals surface area contributed by atoms with Crippen molar-refractivity contribution < 1.29 is 14.7 Å². The van der Waals surface area contributed by atoms with Gasteiger partial charge in [-0.15, -0.1) is 0 Å². The van der Waals surface area contributed by atoms with Crippen molar-refractivity contribution >= 4 is 23.4 Å². The zero-order chi connectivity index (χ0) is 25.5. The van der Waals surface area contributed by atoms with Gasteiger partial charge >= 0.3 is 5.97 Å². The summed E-state index contributed by atoms with van der Waals surface area (Å²) in [4.78, 5) is 27.2. The largest absolute Gasteiger partial charge is 0.481 e. The quantitative estimate of drug-likeness (QED) is 0.390. The fraction of sp³-hybridized carbons (Fsp3) is 0.296. The predicted octanol–water partition coefficient (Wildman–Crippen LogP) is 5.23. The molecule has 0 saturated carbocycles. The molecule has 1 aromatic carbocycles. The molecule has 0 aliphatic heterocycles. The van der Waals surface area contributed by atoms with Gasteiger partial charge in [0.1, 0.15) is 17.0 Å². The number of pyridine rings is 1. The van der Waals surface area contributed by atoms with Gasteiger partial charge < -0.3 is 9.67 Å². The van der Waals surface area contributed by atoms with Crippen LogP contribution in [-0.2, 0) is 29.0 Å². The summed E-state index contributed by atoms with van der Waals surface area (Å²) in [5.41, 5.74) is 6.08. The predicted molar refractivity (Wildman–Crippen MR) is 132 cm³/mol. The number of hydrogen-bond donors (Lipinski definition) is 1. The third kappa shape index (κ3) is 5.95. The molecule has 0 amide bonds. The molecular formula is C27H25ClN4O3. The molecule has 0 aliphatic carbocycles. The number of benzene rings is 1. The van der Waals surface area contributed by atoms with Crippen LogP contribution in [0.5, 0.6) is 0 Å². The minimum atomic E-state index is -1.02. The second-order valence-corrected chi connectivity index (χ2v) is 8.68. The molecule has 178 valence electrons. The Labute approximate surface area is 209 Å². The summed E-state index contributed by atoms with van der Waals surface area (Å²) in [6.45, 7) is 4.46. The van der Waals surface area contributed by atoms with E-state index < -0.39 is 5.97 Å². The standard InChI is InChI=1S/C27H25ClN4O3/c1-3-4-24-23(14-30)26(20-7-5-18(13-29)6-8-20)17(2)32(24)16-19-11-21(27(28)31-15-19)12-22(33)9-10-25(34)35/h5-8,11,15H,3-4,9-10,12,16H2,1-2H3,(H,34,35). The normalized spacial score (nSPS) is 10.5. The Kier molecular flexibility index (Phi) is 8.41. The average molecular weight is 489 g/mol. The van der Waals surface area contributed by atoms with Gasteiger partial charge in [-0.2, -0.15) is 10.5 Å². The van der Waals surface area contributed by atoms with Crippen molar-refractivity contribution in [1.82, 2.24) is 9.55 Å².